The minimum Gasteiger partial charge on any atom is -0.370 e. The van der Waals surface area contributed by atoms with Gasteiger partial charge in [-0.3, -0.25) is 0 Å². The van der Waals surface area contributed by atoms with Crippen molar-refractivity contribution in [3.05, 3.63) is 29.4 Å². The average molecular weight is 261 g/mol. The van der Waals surface area contributed by atoms with Gasteiger partial charge in [-0.15, -0.1) is 0 Å². The summed E-state index contributed by atoms with van der Waals surface area (Å²) in [5, 5.41) is 10.4. The van der Waals surface area contributed by atoms with Crippen LogP contribution in [0.25, 0.3) is 0 Å². The van der Waals surface area contributed by atoms with Gasteiger partial charge in [0, 0.05) is 18.7 Å². The van der Waals surface area contributed by atoms with Crippen molar-refractivity contribution >= 4 is 11.6 Å². The zero-order valence-corrected chi connectivity index (χ0v) is 11.5. The van der Waals surface area contributed by atoms with Crippen LogP contribution in [0, 0.1) is 13.8 Å². The maximum Gasteiger partial charge on any atom is 0.133 e. The van der Waals surface area contributed by atoms with Crippen molar-refractivity contribution in [1.29, 1.82) is 0 Å². The number of aryl methyl sites for hydroxylation is 2. The van der Waals surface area contributed by atoms with E-state index in [1.165, 1.54) is 0 Å². The zero-order chi connectivity index (χ0) is 13.7. The molecule has 0 bridgehead atoms. The Hall–Kier alpha value is -2.11. The van der Waals surface area contributed by atoms with Crippen molar-refractivity contribution in [2.24, 2.45) is 0 Å². The molecule has 2 N–H and O–H groups in total. The molecule has 2 rings (SSSR count). The second kappa shape index (κ2) is 6.17. The maximum atomic E-state index is 5.02. The van der Waals surface area contributed by atoms with E-state index in [9.17, 15) is 0 Å². The predicted octanol–water partition coefficient (Wildman–Crippen LogP) is 2.52. The molecule has 6 nitrogen and oxygen atoms in total. The summed E-state index contributed by atoms with van der Waals surface area (Å²) in [5.41, 5.74) is 0.858. The maximum absolute atomic E-state index is 5.02. The monoisotopic (exact) mass is 261 g/mol. The van der Waals surface area contributed by atoms with Crippen LogP contribution in [0.1, 0.15) is 30.6 Å². The van der Waals surface area contributed by atoms with Crippen molar-refractivity contribution < 1.29 is 4.52 Å². The summed E-state index contributed by atoms with van der Waals surface area (Å²) in [6.45, 7) is 7.35. The molecule has 0 saturated heterocycles. The molecule has 0 aliphatic rings. The largest absolute Gasteiger partial charge is 0.370 e. The van der Waals surface area contributed by atoms with Gasteiger partial charge >= 0.3 is 0 Å². The molecule has 0 aromatic carbocycles. The van der Waals surface area contributed by atoms with Crippen LogP contribution in [0.4, 0.5) is 11.6 Å². The third-order valence-corrected chi connectivity index (χ3v) is 2.52. The number of anilines is 2. The molecule has 0 spiro atoms. The number of nitrogens with zero attached hydrogens (tertiary/aromatic N) is 3. The molecular formula is C13H19N5O. The zero-order valence-electron chi connectivity index (χ0n) is 11.5. The second-order valence-corrected chi connectivity index (χ2v) is 4.39. The highest BCUT2D eigenvalue weighted by molar-refractivity contribution is 5.47. The molecular weight excluding hydrogens is 242 g/mol. The summed E-state index contributed by atoms with van der Waals surface area (Å²) >= 11 is 0. The SMILES string of the molecule is CCCNc1cc(NCc2cc(C)on2)nc(C)n1. The van der Waals surface area contributed by atoms with Crippen LogP contribution in [0.5, 0.6) is 0 Å². The third-order valence-electron chi connectivity index (χ3n) is 2.52. The second-order valence-electron chi connectivity index (χ2n) is 4.39. The Labute approximate surface area is 112 Å². The van der Waals surface area contributed by atoms with Crippen molar-refractivity contribution in [2.45, 2.75) is 33.7 Å². The van der Waals surface area contributed by atoms with Gasteiger partial charge in [0.2, 0.25) is 0 Å². The van der Waals surface area contributed by atoms with E-state index in [-0.39, 0.29) is 0 Å². The van der Waals surface area contributed by atoms with E-state index in [4.69, 9.17) is 4.52 Å². The van der Waals surface area contributed by atoms with Crippen molar-refractivity contribution in [3.8, 4) is 0 Å². The van der Waals surface area contributed by atoms with Crippen molar-refractivity contribution in [1.82, 2.24) is 15.1 Å². The summed E-state index contributed by atoms with van der Waals surface area (Å²) < 4.78 is 5.02. The van der Waals surface area contributed by atoms with Gasteiger partial charge in [0.1, 0.15) is 28.9 Å². The molecule has 0 aliphatic carbocycles. The van der Waals surface area contributed by atoms with Gasteiger partial charge < -0.3 is 15.2 Å². The molecule has 0 fully saturated rings. The molecule has 0 saturated carbocycles. The van der Waals surface area contributed by atoms with Gasteiger partial charge in [-0.25, -0.2) is 9.97 Å². The molecule has 102 valence electrons. The number of rotatable bonds is 6. The van der Waals surface area contributed by atoms with E-state index in [1.807, 2.05) is 26.0 Å². The fraction of sp³-hybridized carbons (Fsp3) is 0.462. The van der Waals surface area contributed by atoms with Crippen LogP contribution in [0.2, 0.25) is 0 Å². The molecule has 0 radical (unpaired) electrons. The highest BCUT2D eigenvalue weighted by Gasteiger charge is 2.03. The normalized spacial score (nSPS) is 10.5. The summed E-state index contributed by atoms with van der Waals surface area (Å²) in [7, 11) is 0. The topological polar surface area (TPSA) is 75.9 Å². The van der Waals surface area contributed by atoms with E-state index >= 15 is 0 Å². The van der Waals surface area contributed by atoms with E-state index in [1.54, 1.807) is 0 Å². The molecule has 0 amide bonds. The Balaban J connectivity index is 2.01. The number of hydrogen-bond donors (Lipinski definition) is 2. The van der Waals surface area contributed by atoms with Crippen LogP contribution in [0.3, 0.4) is 0 Å². The quantitative estimate of drug-likeness (QED) is 0.832. The van der Waals surface area contributed by atoms with Crippen LogP contribution in [-0.2, 0) is 6.54 Å². The Morgan fingerprint density at radius 3 is 2.47 bits per heavy atom. The number of nitrogens with one attached hydrogen (secondary N) is 2. The molecule has 0 unspecified atom stereocenters. The van der Waals surface area contributed by atoms with E-state index < -0.39 is 0 Å². The average Bonchev–Trinajstić information content (AvgIpc) is 2.79. The lowest BCUT2D eigenvalue weighted by Crippen LogP contribution is -2.07. The Morgan fingerprint density at radius 1 is 1.11 bits per heavy atom. The smallest absolute Gasteiger partial charge is 0.133 e. The van der Waals surface area contributed by atoms with Crippen LogP contribution >= 0.6 is 0 Å². The van der Waals surface area contributed by atoms with Gasteiger partial charge in [-0.2, -0.15) is 0 Å². The fourth-order valence-corrected chi connectivity index (χ4v) is 1.68. The molecule has 6 heteroatoms. The third kappa shape index (κ3) is 3.94. The minimum atomic E-state index is 0.584. The van der Waals surface area contributed by atoms with E-state index in [0.717, 1.165) is 41.9 Å². The van der Waals surface area contributed by atoms with Crippen LogP contribution < -0.4 is 10.6 Å². The van der Waals surface area contributed by atoms with Gasteiger partial charge in [0.15, 0.2) is 0 Å². The van der Waals surface area contributed by atoms with Gasteiger partial charge in [-0.1, -0.05) is 12.1 Å². The molecule has 2 aromatic heterocycles. The first-order valence-electron chi connectivity index (χ1n) is 6.43. The molecule has 2 aromatic rings. The minimum absolute atomic E-state index is 0.584. The van der Waals surface area contributed by atoms with Crippen molar-refractivity contribution in [2.75, 3.05) is 17.2 Å². The van der Waals surface area contributed by atoms with Gasteiger partial charge in [-0.05, 0) is 20.3 Å². The first kappa shape index (κ1) is 13.3. The lowest BCUT2D eigenvalue weighted by molar-refractivity contribution is 0.391. The summed E-state index contributed by atoms with van der Waals surface area (Å²) in [6, 6.07) is 3.80. The Bertz CT molecular complexity index is 538. The summed E-state index contributed by atoms with van der Waals surface area (Å²) in [4.78, 5) is 8.68. The van der Waals surface area contributed by atoms with Gasteiger partial charge in [0.25, 0.3) is 0 Å². The standard InChI is InChI=1S/C13H19N5O/c1-4-5-14-12-7-13(17-10(3)16-12)15-8-11-6-9(2)19-18-11/h6-7H,4-5,8H2,1-3H3,(H2,14,15,16,17). The Morgan fingerprint density at radius 2 is 1.84 bits per heavy atom. The van der Waals surface area contributed by atoms with E-state index in [0.29, 0.717) is 6.54 Å². The molecule has 0 aliphatic heterocycles. The van der Waals surface area contributed by atoms with Crippen LogP contribution in [-0.4, -0.2) is 21.7 Å². The lowest BCUT2D eigenvalue weighted by Gasteiger charge is -2.08. The highest BCUT2D eigenvalue weighted by atomic mass is 16.5. The number of hydrogen-bond acceptors (Lipinski definition) is 6. The Kier molecular flexibility index (Phi) is 4.33. The summed E-state index contributed by atoms with van der Waals surface area (Å²) in [5.74, 6) is 3.17. The molecule has 0 atom stereocenters. The predicted molar refractivity (Wildman–Crippen MR) is 74.1 cm³/mol. The molecule has 2 heterocycles. The van der Waals surface area contributed by atoms with E-state index in [2.05, 4.69) is 32.7 Å². The first-order chi connectivity index (χ1) is 9.17. The highest BCUT2D eigenvalue weighted by Crippen LogP contribution is 2.12. The molecule has 19 heavy (non-hydrogen) atoms. The summed E-state index contributed by atoms with van der Waals surface area (Å²) in [6.07, 6.45) is 1.06. The van der Waals surface area contributed by atoms with Crippen molar-refractivity contribution in [3.63, 3.8) is 0 Å². The first-order valence-corrected chi connectivity index (χ1v) is 6.43. The fourth-order valence-electron chi connectivity index (χ4n) is 1.68. The van der Waals surface area contributed by atoms with Crippen LogP contribution in [0.15, 0.2) is 16.7 Å². The van der Waals surface area contributed by atoms with Gasteiger partial charge in [0.05, 0.1) is 6.54 Å². The number of aromatic nitrogens is 3. The lowest BCUT2D eigenvalue weighted by atomic mass is 10.3.